The van der Waals surface area contributed by atoms with E-state index in [9.17, 15) is 9.59 Å². The number of ether oxygens (including phenoxy) is 2. The van der Waals surface area contributed by atoms with Crippen molar-refractivity contribution in [3.8, 4) is 22.8 Å². The number of hydrogen-bond donors (Lipinski definition) is 0. The molecule has 0 aliphatic rings. The van der Waals surface area contributed by atoms with Crippen LogP contribution in [0.3, 0.4) is 0 Å². The molecule has 4 aromatic heterocycles. The van der Waals surface area contributed by atoms with Crippen LogP contribution in [0.25, 0.3) is 33.7 Å². The fourth-order valence-electron chi connectivity index (χ4n) is 5.06. The SMILES string of the molecule is Cc1noc(-c2cc3cc(-c4nc(C(=O)CCc5ccncc5)n(COCC[Si](C)(C)C)c4C)ccc3n2C(=O)OC(C)(C)C)n1. The van der Waals surface area contributed by atoms with Crippen LogP contribution in [0.2, 0.25) is 25.7 Å². The molecule has 0 saturated heterocycles. The lowest BCUT2D eigenvalue weighted by molar-refractivity contribution is 0.0546. The molecule has 0 aliphatic heterocycles. The summed E-state index contributed by atoms with van der Waals surface area (Å²) in [6.07, 6.45) is 3.79. The van der Waals surface area contributed by atoms with Crippen LogP contribution in [-0.2, 0) is 22.6 Å². The third-order valence-electron chi connectivity index (χ3n) is 7.47. The van der Waals surface area contributed by atoms with E-state index < -0.39 is 19.8 Å². The summed E-state index contributed by atoms with van der Waals surface area (Å²) < 4.78 is 20.6. The summed E-state index contributed by atoms with van der Waals surface area (Å²) in [7, 11) is -1.29. The lowest BCUT2D eigenvalue weighted by Gasteiger charge is -2.20. The number of Topliss-reactive ketones (excluding diaryl/α,β-unsaturated/α-hetero) is 1. The van der Waals surface area contributed by atoms with Crippen molar-refractivity contribution in [2.45, 2.75) is 85.5 Å². The molecule has 5 rings (SSSR count). The topological polar surface area (TPSA) is 127 Å². The maximum Gasteiger partial charge on any atom is 0.419 e. The van der Waals surface area contributed by atoms with Crippen LogP contribution in [0.5, 0.6) is 0 Å². The molecule has 242 valence electrons. The quantitative estimate of drug-likeness (QED) is 0.0818. The van der Waals surface area contributed by atoms with Crippen molar-refractivity contribution in [3.05, 3.63) is 71.7 Å². The van der Waals surface area contributed by atoms with Gasteiger partial charge in [0.05, 0.1) is 11.2 Å². The van der Waals surface area contributed by atoms with Gasteiger partial charge in [0.25, 0.3) is 5.89 Å². The number of carbonyl (C=O) groups is 2. The number of nitrogens with zero attached hydrogens (tertiary/aromatic N) is 6. The molecule has 12 heteroatoms. The summed E-state index contributed by atoms with van der Waals surface area (Å²) in [5.41, 5.74) is 3.65. The molecule has 0 radical (unpaired) electrons. The van der Waals surface area contributed by atoms with Crippen molar-refractivity contribution < 1.29 is 23.6 Å². The van der Waals surface area contributed by atoms with Crippen LogP contribution in [0.1, 0.15) is 54.9 Å². The van der Waals surface area contributed by atoms with Gasteiger partial charge in [0, 0.05) is 50.1 Å². The second kappa shape index (κ2) is 13.1. The summed E-state index contributed by atoms with van der Waals surface area (Å²) >= 11 is 0. The Bertz CT molecular complexity index is 1860. The van der Waals surface area contributed by atoms with Gasteiger partial charge >= 0.3 is 6.09 Å². The van der Waals surface area contributed by atoms with Gasteiger partial charge in [0.1, 0.15) is 18.0 Å². The first-order chi connectivity index (χ1) is 21.7. The summed E-state index contributed by atoms with van der Waals surface area (Å²) in [6.45, 7) is 16.9. The lowest BCUT2D eigenvalue weighted by atomic mass is 10.1. The van der Waals surface area contributed by atoms with E-state index in [2.05, 4.69) is 34.8 Å². The van der Waals surface area contributed by atoms with Gasteiger partial charge in [0.2, 0.25) is 0 Å². The van der Waals surface area contributed by atoms with E-state index in [0.29, 0.717) is 48.0 Å². The smallest absolute Gasteiger partial charge is 0.419 e. The predicted octanol–water partition coefficient (Wildman–Crippen LogP) is 7.48. The van der Waals surface area contributed by atoms with Crippen molar-refractivity contribution in [3.63, 3.8) is 0 Å². The molecule has 0 unspecified atom stereocenters. The zero-order valence-electron chi connectivity index (χ0n) is 27.9. The first-order valence-corrected chi connectivity index (χ1v) is 19.2. The number of aryl methyl sites for hydroxylation is 2. The minimum atomic E-state index is -1.29. The Morgan fingerprint density at radius 3 is 2.39 bits per heavy atom. The third-order valence-corrected chi connectivity index (χ3v) is 9.18. The molecular formula is C34H42N6O5Si. The van der Waals surface area contributed by atoms with Crippen LogP contribution in [0, 0.1) is 13.8 Å². The van der Waals surface area contributed by atoms with Gasteiger partial charge in [0.15, 0.2) is 17.4 Å². The van der Waals surface area contributed by atoms with Gasteiger partial charge in [-0.2, -0.15) is 4.98 Å². The normalized spacial score (nSPS) is 12.2. The van der Waals surface area contributed by atoms with E-state index >= 15 is 0 Å². The highest BCUT2D eigenvalue weighted by Crippen LogP contribution is 2.33. The zero-order chi connectivity index (χ0) is 33.2. The largest absolute Gasteiger partial charge is 0.443 e. The molecule has 46 heavy (non-hydrogen) atoms. The van der Waals surface area contributed by atoms with Gasteiger partial charge in [-0.15, -0.1) is 0 Å². The first kappa shape index (κ1) is 33.0. The monoisotopic (exact) mass is 642 g/mol. The van der Waals surface area contributed by atoms with Crippen molar-refractivity contribution in [2.24, 2.45) is 0 Å². The molecule has 0 aliphatic carbocycles. The van der Waals surface area contributed by atoms with Gasteiger partial charge < -0.3 is 18.6 Å². The Balaban J connectivity index is 1.53. The van der Waals surface area contributed by atoms with Gasteiger partial charge in [-0.3, -0.25) is 9.78 Å². The van der Waals surface area contributed by atoms with Gasteiger partial charge in [-0.25, -0.2) is 14.3 Å². The third kappa shape index (κ3) is 7.68. The number of fused-ring (bicyclic) bond motifs is 1. The second-order valence-corrected chi connectivity index (χ2v) is 19.3. The maximum atomic E-state index is 13.6. The van der Waals surface area contributed by atoms with E-state index in [-0.39, 0.29) is 18.4 Å². The highest BCUT2D eigenvalue weighted by atomic mass is 28.3. The van der Waals surface area contributed by atoms with E-state index in [0.717, 1.165) is 28.3 Å². The Morgan fingerprint density at radius 2 is 1.74 bits per heavy atom. The van der Waals surface area contributed by atoms with E-state index in [1.54, 1.807) is 19.3 Å². The zero-order valence-corrected chi connectivity index (χ0v) is 28.9. The number of aromatic nitrogens is 6. The number of imidazole rings is 1. The highest BCUT2D eigenvalue weighted by molar-refractivity contribution is 6.76. The molecule has 0 bridgehead atoms. The lowest BCUT2D eigenvalue weighted by Crippen LogP contribution is -2.27. The molecular weight excluding hydrogens is 600 g/mol. The van der Waals surface area contributed by atoms with Crippen molar-refractivity contribution >= 4 is 30.9 Å². The van der Waals surface area contributed by atoms with Crippen LogP contribution >= 0.6 is 0 Å². The average Bonchev–Trinajstić information content (AvgIpc) is 3.67. The Morgan fingerprint density at radius 1 is 1.00 bits per heavy atom. The number of benzene rings is 1. The van der Waals surface area contributed by atoms with E-state index in [1.807, 2.05) is 68.7 Å². The molecule has 0 N–H and O–H groups in total. The van der Waals surface area contributed by atoms with E-state index in [1.165, 1.54) is 4.57 Å². The Hall–Kier alpha value is -4.42. The molecule has 1 aromatic carbocycles. The van der Waals surface area contributed by atoms with Crippen molar-refractivity contribution in [1.82, 2.24) is 29.2 Å². The maximum absolute atomic E-state index is 13.6. The number of ketones is 1. The summed E-state index contributed by atoms with van der Waals surface area (Å²) in [5, 5.41) is 4.66. The molecule has 4 heterocycles. The molecule has 11 nitrogen and oxygen atoms in total. The molecule has 0 fully saturated rings. The fraction of sp³-hybridized carbons (Fsp3) is 0.412. The minimum absolute atomic E-state index is 0.0637. The van der Waals surface area contributed by atoms with Crippen molar-refractivity contribution in [1.29, 1.82) is 0 Å². The van der Waals surface area contributed by atoms with Crippen LogP contribution < -0.4 is 0 Å². The van der Waals surface area contributed by atoms with Gasteiger partial charge in [-0.1, -0.05) is 30.9 Å². The van der Waals surface area contributed by atoms with Gasteiger partial charge in [-0.05, 0) is 83.0 Å². The number of pyridine rings is 1. The van der Waals surface area contributed by atoms with Crippen molar-refractivity contribution in [2.75, 3.05) is 6.61 Å². The highest BCUT2D eigenvalue weighted by Gasteiger charge is 2.27. The number of carbonyl (C=O) groups excluding carboxylic acids is 2. The standard InChI is InChI=1S/C34H42N6O5Si/c1-22-30(37-31(39(22)21-43-17-18-46(6,7)8)29(41)12-9-24-13-15-35-16-14-24)25-10-11-27-26(19-25)20-28(32-36-23(2)38-45-32)40(27)33(42)44-34(3,4)5/h10-11,13-16,19-20H,9,12,17-18,21H2,1-8H3. The fourth-order valence-corrected chi connectivity index (χ4v) is 5.81. The minimum Gasteiger partial charge on any atom is -0.443 e. The van der Waals surface area contributed by atoms with Crippen LogP contribution in [0.4, 0.5) is 4.79 Å². The molecule has 0 saturated carbocycles. The average molecular weight is 643 g/mol. The molecule has 5 aromatic rings. The van der Waals surface area contributed by atoms with E-state index in [4.69, 9.17) is 19.0 Å². The number of rotatable bonds is 11. The van der Waals surface area contributed by atoms with Crippen LogP contribution in [0.15, 0.2) is 53.3 Å². The first-order valence-electron chi connectivity index (χ1n) is 15.5. The summed E-state index contributed by atoms with van der Waals surface area (Å²) in [4.78, 5) is 40.3. The molecule has 0 amide bonds. The molecule has 0 atom stereocenters. The molecule has 0 spiro atoms. The van der Waals surface area contributed by atoms with Crippen LogP contribution in [-0.4, -0.2) is 61.4 Å². The predicted molar refractivity (Wildman–Crippen MR) is 179 cm³/mol. The summed E-state index contributed by atoms with van der Waals surface area (Å²) in [5.74, 6) is 0.958. The Kier molecular flexibility index (Phi) is 9.41. The Labute approximate surface area is 270 Å². The summed E-state index contributed by atoms with van der Waals surface area (Å²) in [6, 6.07) is 12.4. The second-order valence-electron chi connectivity index (χ2n) is 13.7. The number of hydrogen-bond acceptors (Lipinski definition) is 9.